The van der Waals surface area contributed by atoms with Gasteiger partial charge in [-0.1, -0.05) is 13.3 Å². The molecule has 2 aromatic rings. The van der Waals surface area contributed by atoms with E-state index in [0.717, 1.165) is 16.5 Å². The first-order valence-corrected chi connectivity index (χ1v) is 7.53. The second-order valence-electron chi connectivity index (χ2n) is 5.43. The quantitative estimate of drug-likeness (QED) is 0.945. The van der Waals surface area contributed by atoms with E-state index in [1.807, 2.05) is 6.92 Å². The maximum Gasteiger partial charge on any atom is 0.264 e. The molecule has 1 aliphatic heterocycles. The highest BCUT2D eigenvalue weighted by Crippen LogP contribution is 2.31. The molecule has 3 nitrogen and oxygen atoms in total. The predicted octanol–water partition coefficient (Wildman–Crippen LogP) is 3.03. The van der Waals surface area contributed by atoms with E-state index in [1.165, 1.54) is 23.5 Å². The van der Waals surface area contributed by atoms with Crippen LogP contribution < -0.4 is 0 Å². The third-order valence-electron chi connectivity index (χ3n) is 3.66. The number of aliphatic hydroxyl groups is 1. The van der Waals surface area contributed by atoms with Gasteiger partial charge in [0.05, 0.1) is 23.6 Å². The molecule has 5 heteroatoms. The molecule has 1 saturated heterocycles. The Bertz CT molecular complexity index is 661. The number of hydrogen-bond donors (Lipinski definition) is 1. The summed E-state index contributed by atoms with van der Waals surface area (Å²) in [5, 5.41) is 10.9. The van der Waals surface area contributed by atoms with Crippen LogP contribution in [0.3, 0.4) is 0 Å². The summed E-state index contributed by atoms with van der Waals surface area (Å²) in [5.74, 6) is -0.372. The number of hydrogen-bond acceptors (Lipinski definition) is 3. The lowest BCUT2D eigenvalue weighted by atomic mass is 9.89. The minimum Gasteiger partial charge on any atom is -0.386 e. The average Bonchev–Trinajstić information content (AvgIpc) is 2.78. The molecule has 0 bridgehead atoms. The lowest BCUT2D eigenvalue weighted by Gasteiger charge is -2.46. The van der Waals surface area contributed by atoms with Crippen LogP contribution in [-0.2, 0) is 0 Å². The summed E-state index contributed by atoms with van der Waals surface area (Å²) in [7, 11) is 0. The van der Waals surface area contributed by atoms with Crippen LogP contribution >= 0.6 is 11.3 Å². The number of nitrogens with zero attached hydrogens (tertiary/aromatic N) is 1. The van der Waals surface area contributed by atoms with Crippen LogP contribution in [0.1, 0.15) is 29.4 Å². The summed E-state index contributed by atoms with van der Waals surface area (Å²) >= 11 is 1.37. The van der Waals surface area contributed by atoms with Gasteiger partial charge in [0.25, 0.3) is 5.91 Å². The maximum atomic E-state index is 13.1. The lowest BCUT2D eigenvalue weighted by Crippen LogP contribution is -2.63. The Balaban J connectivity index is 1.77. The monoisotopic (exact) mass is 293 g/mol. The average molecular weight is 293 g/mol. The van der Waals surface area contributed by atoms with Crippen molar-refractivity contribution in [2.45, 2.75) is 25.4 Å². The summed E-state index contributed by atoms with van der Waals surface area (Å²) in [6.07, 6.45) is 1.62. The van der Waals surface area contributed by atoms with Gasteiger partial charge in [-0.3, -0.25) is 4.79 Å². The van der Waals surface area contributed by atoms with Crippen LogP contribution in [0.5, 0.6) is 0 Å². The number of benzene rings is 1. The number of carbonyl (C=O) groups is 1. The number of rotatable bonds is 3. The van der Waals surface area contributed by atoms with Crippen LogP contribution in [0.4, 0.5) is 4.39 Å². The molecule has 106 valence electrons. The van der Waals surface area contributed by atoms with Crippen LogP contribution in [0.15, 0.2) is 24.3 Å². The summed E-state index contributed by atoms with van der Waals surface area (Å²) in [5.41, 5.74) is -0.715. The molecule has 0 unspecified atom stereocenters. The molecule has 1 aromatic heterocycles. The van der Waals surface area contributed by atoms with Crippen molar-refractivity contribution in [1.29, 1.82) is 0 Å². The molecule has 0 saturated carbocycles. The van der Waals surface area contributed by atoms with E-state index < -0.39 is 5.60 Å². The molecule has 0 spiro atoms. The van der Waals surface area contributed by atoms with Gasteiger partial charge in [-0.25, -0.2) is 4.39 Å². The van der Waals surface area contributed by atoms with Crippen molar-refractivity contribution in [1.82, 2.24) is 4.90 Å². The fourth-order valence-corrected chi connectivity index (χ4v) is 3.72. The molecule has 1 aliphatic rings. The van der Waals surface area contributed by atoms with E-state index in [-0.39, 0.29) is 11.7 Å². The molecular weight excluding hydrogens is 277 g/mol. The first kappa shape index (κ1) is 13.5. The van der Waals surface area contributed by atoms with Gasteiger partial charge in [0, 0.05) is 4.70 Å². The van der Waals surface area contributed by atoms with Crippen molar-refractivity contribution in [3.63, 3.8) is 0 Å². The highest BCUT2D eigenvalue weighted by Gasteiger charge is 2.43. The Morgan fingerprint density at radius 2 is 2.20 bits per heavy atom. The van der Waals surface area contributed by atoms with E-state index >= 15 is 0 Å². The van der Waals surface area contributed by atoms with E-state index in [2.05, 4.69) is 0 Å². The Morgan fingerprint density at radius 3 is 2.90 bits per heavy atom. The van der Waals surface area contributed by atoms with Crippen LogP contribution in [-0.4, -0.2) is 34.6 Å². The Kier molecular flexibility index (Phi) is 3.26. The van der Waals surface area contributed by atoms with Gasteiger partial charge in [-0.2, -0.15) is 0 Å². The standard InChI is InChI=1S/C15H16FNO2S/c1-2-5-15(19)8-17(9-15)14(18)13-7-10-6-11(16)3-4-12(10)20-13/h3-4,6-7,19H,2,5,8-9H2,1H3. The van der Waals surface area contributed by atoms with E-state index in [4.69, 9.17) is 0 Å². The summed E-state index contributed by atoms with van der Waals surface area (Å²) in [6, 6.07) is 6.25. The van der Waals surface area contributed by atoms with Gasteiger partial charge < -0.3 is 10.0 Å². The molecule has 20 heavy (non-hydrogen) atoms. The molecule has 2 heterocycles. The van der Waals surface area contributed by atoms with Crippen LogP contribution in [0.2, 0.25) is 0 Å². The van der Waals surface area contributed by atoms with Crippen LogP contribution in [0.25, 0.3) is 10.1 Å². The Hall–Kier alpha value is -1.46. The Morgan fingerprint density at radius 1 is 1.45 bits per heavy atom. The first-order valence-electron chi connectivity index (χ1n) is 6.71. The zero-order valence-electron chi connectivity index (χ0n) is 11.2. The van der Waals surface area contributed by atoms with Gasteiger partial charge in [0.1, 0.15) is 5.82 Å². The third kappa shape index (κ3) is 2.31. The van der Waals surface area contributed by atoms with Crippen molar-refractivity contribution in [3.8, 4) is 0 Å². The molecule has 3 rings (SSSR count). The van der Waals surface area contributed by atoms with E-state index in [0.29, 0.717) is 24.4 Å². The largest absolute Gasteiger partial charge is 0.386 e. The second-order valence-corrected chi connectivity index (χ2v) is 6.51. The zero-order valence-corrected chi connectivity index (χ0v) is 12.0. The fraction of sp³-hybridized carbons (Fsp3) is 0.400. The van der Waals surface area contributed by atoms with Crippen LogP contribution in [0, 0.1) is 5.82 Å². The fourth-order valence-electron chi connectivity index (χ4n) is 2.71. The Labute approximate surface area is 120 Å². The normalized spacial score (nSPS) is 17.2. The topological polar surface area (TPSA) is 40.5 Å². The van der Waals surface area contributed by atoms with Gasteiger partial charge in [0.2, 0.25) is 0 Å². The number of β-amino-alcohol motifs (C(OH)–C–C–N with tert-alkyl or cyclic N) is 1. The van der Waals surface area contributed by atoms with E-state index in [1.54, 1.807) is 17.0 Å². The van der Waals surface area contributed by atoms with Gasteiger partial charge >= 0.3 is 0 Å². The highest BCUT2D eigenvalue weighted by molar-refractivity contribution is 7.20. The minimum atomic E-state index is -0.715. The van der Waals surface area contributed by atoms with Gasteiger partial charge in [-0.05, 0) is 36.1 Å². The lowest BCUT2D eigenvalue weighted by molar-refractivity contribution is -0.0858. The molecule has 0 atom stereocenters. The molecule has 0 radical (unpaired) electrons. The van der Waals surface area contributed by atoms with Crippen molar-refractivity contribution >= 4 is 27.3 Å². The van der Waals surface area contributed by atoms with Crippen molar-refractivity contribution in [2.75, 3.05) is 13.1 Å². The minimum absolute atomic E-state index is 0.0765. The number of fused-ring (bicyclic) bond motifs is 1. The third-order valence-corrected chi connectivity index (χ3v) is 4.77. The van der Waals surface area contributed by atoms with Gasteiger partial charge in [0.15, 0.2) is 0 Å². The highest BCUT2D eigenvalue weighted by atomic mass is 32.1. The summed E-state index contributed by atoms with van der Waals surface area (Å²) < 4.78 is 14.0. The number of halogens is 1. The van der Waals surface area contributed by atoms with Crippen molar-refractivity contribution < 1.29 is 14.3 Å². The summed E-state index contributed by atoms with van der Waals surface area (Å²) in [4.78, 5) is 14.6. The maximum absolute atomic E-state index is 13.1. The molecule has 1 amide bonds. The van der Waals surface area contributed by atoms with Crippen molar-refractivity contribution in [2.24, 2.45) is 0 Å². The molecule has 0 aliphatic carbocycles. The zero-order chi connectivity index (χ0) is 14.3. The first-order chi connectivity index (χ1) is 9.50. The molecule has 1 aromatic carbocycles. The molecule has 1 fully saturated rings. The molecule has 1 N–H and O–H groups in total. The molecular formula is C15H16FNO2S. The number of amides is 1. The van der Waals surface area contributed by atoms with Crippen molar-refractivity contribution in [3.05, 3.63) is 35.0 Å². The van der Waals surface area contributed by atoms with E-state index in [9.17, 15) is 14.3 Å². The second kappa shape index (κ2) is 4.82. The SMILES string of the molecule is CCCC1(O)CN(C(=O)c2cc3cc(F)ccc3s2)C1. The summed E-state index contributed by atoms with van der Waals surface area (Å²) in [6.45, 7) is 2.80. The smallest absolute Gasteiger partial charge is 0.264 e. The number of likely N-dealkylation sites (tertiary alicyclic amines) is 1. The number of thiophene rings is 1. The van der Waals surface area contributed by atoms with Gasteiger partial charge in [-0.15, -0.1) is 11.3 Å². The number of carbonyl (C=O) groups excluding carboxylic acids is 1. The predicted molar refractivity (Wildman–Crippen MR) is 77.5 cm³/mol.